The molecule has 41 heavy (non-hydrogen) atoms. The highest BCUT2D eigenvalue weighted by atomic mass is 35.5. The van der Waals surface area contributed by atoms with Gasteiger partial charge in [0.25, 0.3) is 0 Å². The van der Waals surface area contributed by atoms with Crippen molar-refractivity contribution < 1.29 is 22.4 Å². The van der Waals surface area contributed by atoms with Gasteiger partial charge in [-0.2, -0.15) is 0 Å². The van der Waals surface area contributed by atoms with Gasteiger partial charge < -0.3 is 10.2 Å². The van der Waals surface area contributed by atoms with Gasteiger partial charge in [-0.05, 0) is 48.2 Å². The number of nitrogens with one attached hydrogen (secondary N) is 1. The van der Waals surface area contributed by atoms with Crippen LogP contribution in [0.15, 0.2) is 78.9 Å². The van der Waals surface area contributed by atoms with E-state index in [2.05, 4.69) is 5.32 Å². The Bertz CT molecular complexity index is 1450. The second-order valence-corrected chi connectivity index (χ2v) is 12.8. The third kappa shape index (κ3) is 8.53. The monoisotopic (exact) mass is 599 g/mol. The first-order chi connectivity index (χ1) is 19.6. The SMILES string of the molecule is CS(=O)(=O)N(CC(=O)N(Cc1cccc(Cl)c1)C(Cc1ccccc1)C(=O)NC1CCCCC1)c1ccccc1F. The van der Waals surface area contributed by atoms with Crippen molar-refractivity contribution in [3.63, 3.8) is 0 Å². The number of hydrogen-bond acceptors (Lipinski definition) is 4. The van der Waals surface area contributed by atoms with Gasteiger partial charge in [-0.1, -0.05) is 85.5 Å². The summed E-state index contributed by atoms with van der Waals surface area (Å²) >= 11 is 6.24. The molecule has 0 aromatic heterocycles. The minimum absolute atomic E-state index is 0.00331. The number of para-hydroxylation sites is 1. The number of carbonyl (C=O) groups excluding carboxylic acids is 2. The van der Waals surface area contributed by atoms with Gasteiger partial charge in [-0.15, -0.1) is 0 Å². The zero-order chi connectivity index (χ0) is 29.4. The Kier molecular flexibility index (Phi) is 10.4. The molecule has 0 spiro atoms. The normalized spacial score (nSPS) is 14.7. The number of sulfonamides is 1. The molecular weight excluding hydrogens is 565 g/mol. The van der Waals surface area contributed by atoms with E-state index in [0.717, 1.165) is 54.3 Å². The number of rotatable bonds is 11. The molecule has 218 valence electrons. The maximum atomic E-state index is 14.7. The van der Waals surface area contributed by atoms with Crippen molar-refractivity contribution in [1.82, 2.24) is 10.2 Å². The molecule has 3 aromatic rings. The van der Waals surface area contributed by atoms with E-state index in [9.17, 15) is 22.4 Å². The quantitative estimate of drug-likeness (QED) is 0.323. The van der Waals surface area contributed by atoms with E-state index in [1.165, 1.54) is 23.1 Å². The minimum atomic E-state index is -4.05. The highest BCUT2D eigenvalue weighted by Crippen LogP contribution is 2.24. The average molecular weight is 600 g/mol. The van der Waals surface area contributed by atoms with Crippen LogP contribution in [-0.4, -0.2) is 50.0 Å². The summed E-state index contributed by atoms with van der Waals surface area (Å²) in [5.41, 5.74) is 1.28. The predicted molar refractivity (Wildman–Crippen MR) is 160 cm³/mol. The summed E-state index contributed by atoms with van der Waals surface area (Å²) in [6.45, 7) is -0.674. The topological polar surface area (TPSA) is 86.8 Å². The van der Waals surface area contributed by atoms with E-state index in [1.54, 1.807) is 24.3 Å². The van der Waals surface area contributed by atoms with Crippen LogP contribution in [0.3, 0.4) is 0 Å². The zero-order valence-electron chi connectivity index (χ0n) is 23.0. The largest absolute Gasteiger partial charge is 0.352 e. The van der Waals surface area contributed by atoms with Gasteiger partial charge in [0.1, 0.15) is 18.4 Å². The van der Waals surface area contributed by atoms with Crippen molar-refractivity contribution in [3.8, 4) is 0 Å². The Balaban J connectivity index is 1.73. The van der Waals surface area contributed by atoms with Gasteiger partial charge in [-0.3, -0.25) is 13.9 Å². The van der Waals surface area contributed by atoms with Crippen molar-refractivity contribution in [3.05, 3.63) is 101 Å². The molecule has 1 aliphatic carbocycles. The molecule has 2 amide bonds. The van der Waals surface area contributed by atoms with E-state index >= 15 is 0 Å². The molecule has 0 saturated heterocycles. The lowest BCUT2D eigenvalue weighted by Gasteiger charge is -2.35. The van der Waals surface area contributed by atoms with Crippen molar-refractivity contribution in [2.75, 3.05) is 17.1 Å². The Hall–Kier alpha value is -3.43. The summed E-state index contributed by atoms with van der Waals surface area (Å²) in [5.74, 6) is -1.73. The lowest BCUT2D eigenvalue weighted by Crippen LogP contribution is -2.55. The first-order valence-electron chi connectivity index (χ1n) is 13.7. The number of carbonyl (C=O) groups is 2. The molecule has 1 saturated carbocycles. The fourth-order valence-electron chi connectivity index (χ4n) is 5.18. The van der Waals surface area contributed by atoms with E-state index in [0.29, 0.717) is 10.6 Å². The van der Waals surface area contributed by atoms with Crippen molar-refractivity contribution in [1.29, 1.82) is 0 Å². The van der Waals surface area contributed by atoms with Crippen LogP contribution in [0.5, 0.6) is 0 Å². The highest BCUT2D eigenvalue weighted by Gasteiger charge is 2.34. The molecule has 1 atom stereocenters. The summed E-state index contributed by atoms with van der Waals surface area (Å²) in [6.07, 6.45) is 6.02. The van der Waals surface area contributed by atoms with Crippen LogP contribution in [0.1, 0.15) is 43.2 Å². The first kappa shape index (κ1) is 30.5. The Morgan fingerprint density at radius 2 is 1.61 bits per heavy atom. The molecule has 0 radical (unpaired) electrons. The summed E-state index contributed by atoms with van der Waals surface area (Å²) < 4.78 is 41.1. The van der Waals surface area contributed by atoms with Crippen LogP contribution in [0.25, 0.3) is 0 Å². The second-order valence-electron chi connectivity index (χ2n) is 10.4. The summed E-state index contributed by atoms with van der Waals surface area (Å²) in [7, 11) is -4.05. The molecule has 3 aromatic carbocycles. The molecule has 1 unspecified atom stereocenters. The Morgan fingerprint density at radius 3 is 2.27 bits per heavy atom. The van der Waals surface area contributed by atoms with Crippen molar-refractivity contribution in [2.45, 2.75) is 57.2 Å². The van der Waals surface area contributed by atoms with Gasteiger partial charge in [0.15, 0.2) is 0 Å². The highest BCUT2D eigenvalue weighted by molar-refractivity contribution is 7.92. The lowest BCUT2D eigenvalue weighted by molar-refractivity contribution is -0.140. The lowest BCUT2D eigenvalue weighted by atomic mass is 9.94. The third-order valence-electron chi connectivity index (χ3n) is 7.26. The number of anilines is 1. The standard InChI is InChI=1S/C31H35ClFN3O4S/c1-41(39,40)36(28-18-9-8-17-27(28)33)22-30(37)35(21-24-13-10-14-25(32)19-24)29(20-23-11-4-2-5-12-23)31(38)34-26-15-6-3-7-16-26/h2,4-5,8-14,17-19,26,29H,3,6-7,15-16,20-22H2,1H3,(H,34,38). The number of amides is 2. The smallest absolute Gasteiger partial charge is 0.244 e. The van der Waals surface area contributed by atoms with Gasteiger partial charge in [0, 0.05) is 24.0 Å². The maximum Gasteiger partial charge on any atom is 0.244 e. The van der Waals surface area contributed by atoms with Gasteiger partial charge in [-0.25, -0.2) is 12.8 Å². The van der Waals surface area contributed by atoms with Gasteiger partial charge in [0.2, 0.25) is 21.8 Å². The minimum Gasteiger partial charge on any atom is -0.352 e. The zero-order valence-corrected chi connectivity index (χ0v) is 24.6. The molecule has 0 bridgehead atoms. The molecule has 7 nitrogen and oxygen atoms in total. The van der Waals surface area contributed by atoms with Crippen LogP contribution in [0, 0.1) is 5.82 Å². The Morgan fingerprint density at radius 1 is 0.951 bits per heavy atom. The molecule has 10 heteroatoms. The third-order valence-corrected chi connectivity index (χ3v) is 8.63. The molecule has 1 N–H and O–H groups in total. The summed E-state index contributed by atoms with van der Waals surface area (Å²) in [5, 5.41) is 3.61. The van der Waals surface area contributed by atoms with E-state index < -0.39 is 34.3 Å². The summed E-state index contributed by atoms with van der Waals surface area (Å²) in [6, 6.07) is 20.7. The van der Waals surface area contributed by atoms with E-state index in [-0.39, 0.29) is 30.6 Å². The van der Waals surface area contributed by atoms with E-state index in [1.807, 2.05) is 30.3 Å². The number of halogens is 2. The molecule has 1 aliphatic rings. The molecule has 1 fully saturated rings. The van der Waals surface area contributed by atoms with Crippen LogP contribution < -0.4 is 9.62 Å². The maximum absolute atomic E-state index is 14.7. The predicted octanol–water partition coefficient (Wildman–Crippen LogP) is 5.33. The second kappa shape index (κ2) is 14.0. The van der Waals surface area contributed by atoms with Gasteiger partial charge in [0.05, 0.1) is 11.9 Å². The van der Waals surface area contributed by atoms with Crippen LogP contribution in [-0.2, 0) is 32.6 Å². The van der Waals surface area contributed by atoms with Crippen LogP contribution in [0.2, 0.25) is 5.02 Å². The number of hydrogen-bond donors (Lipinski definition) is 1. The fourth-order valence-corrected chi connectivity index (χ4v) is 6.24. The van der Waals surface area contributed by atoms with E-state index in [4.69, 9.17) is 11.6 Å². The summed E-state index contributed by atoms with van der Waals surface area (Å²) in [4.78, 5) is 29.4. The number of nitrogens with zero attached hydrogens (tertiary/aromatic N) is 2. The fraction of sp³-hybridized carbons (Fsp3) is 0.355. The average Bonchev–Trinajstić information content (AvgIpc) is 2.94. The molecule has 0 heterocycles. The van der Waals surface area contributed by atoms with Crippen molar-refractivity contribution in [2.24, 2.45) is 0 Å². The molecule has 0 aliphatic heterocycles. The van der Waals surface area contributed by atoms with Crippen LogP contribution >= 0.6 is 11.6 Å². The van der Waals surface area contributed by atoms with Crippen LogP contribution in [0.4, 0.5) is 10.1 Å². The first-order valence-corrected chi connectivity index (χ1v) is 15.9. The van der Waals surface area contributed by atoms with Crippen molar-refractivity contribution >= 4 is 39.1 Å². The molecule has 4 rings (SSSR count). The number of benzene rings is 3. The molecular formula is C31H35ClFN3O4S. The Labute approximate surface area is 246 Å². The van der Waals surface area contributed by atoms with Gasteiger partial charge >= 0.3 is 0 Å².